The van der Waals surface area contributed by atoms with E-state index < -0.39 is 23.7 Å². The third-order valence-electron chi connectivity index (χ3n) is 7.61. The van der Waals surface area contributed by atoms with E-state index in [1.165, 1.54) is 0 Å². The van der Waals surface area contributed by atoms with Gasteiger partial charge in [0.15, 0.2) is 6.61 Å². The second-order valence-electron chi connectivity index (χ2n) is 13.2. The van der Waals surface area contributed by atoms with Gasteiger partial charge < -0.3 is 35.1 Å². The van der Waals surface area contributed by atoms with Gasteiger partial charge in [-0.2, -0.15) is 15.0 Å². The van der Waals surface area contributed by atoms with Gasteiger partial charge in [-0.05, 0) is 94.8 Å². The number of fused-ring (bicyclic) bond motifs is 2. The summed E-state index contributed by atoms with van der Waals surface area (Å²) in [5.74, 6) is -2.38. The number of nitrogens with one attached hydrogen (secondary N) is 3. The first kappa shape index (κ1) is 34.6. The topological polar surface area (TPSA) is 140 Å². The van der Waals surface area contributed by atoms with Gasteiger partial charge in [-0.1, -0.05) is 12.1 Å². The molecule has 12 nitrogen and oxygen atoms in total. The van der Waals surface area contributed by atoms with Gasteiger partial charge in [0, 0.05) is 37.8 Å². The van der Waals surface area contributed by atoms with E-state index in [-0.39, 0.29) is 29.9 Å². The fraction of sp³-hybridized carbons (Fsp3) is 0.500. The Hall–Kier alpha value is -4.75. The molecule has 4 aliphatic rings. The number of hydrogen-bond acceptors (Lipinski definition) is 10. The van der Waals surface area contributed by atoms with Crippen molar-refractivity contribution in [2.45, 2.75) is 76.9 Å². The Morgan fingerprint density at radius 2 is 1.62 bits per heavy atom. The average molecular weight is 668 g/mol. The summed E-state index contributed by atoms with van der Waals surface area (Å²) >= 11 is 0. The van der Waals surface area contributed by atoms with Gasteiger partial charge >= 0.3 is 12.1 Å². The highest BCUT2D eigenvalue weighted by atomic mass is 19.3. The molecule has 0 unspecified atom stereocenters. The largest absolute Gasteiger partial charge is 0.494 e. The van der Waals surface area contributed by atoms with Crippen molar-refractivity contribution in [3.63, 3.8) is 0 Å². The monoisotopic (exact) mass is 667 g/mol. The number of aromatic nitrogens is 3. The third kappa shape index (κ3) is 10.1. The minimum atomic E-state index is -3.08. The maximum absolute atomic E-state index is 13.6. The van der Waals surface area contributed by atoms with E-state index in [1.807, 2.05) is 45.0 Å². The molecule has 2 aromatic carbocycles. The van der Waals surface area contributed by atoms with Crippen molar-refractivity contribution in [3.8, 4) is 11.8 Å². The molecule has 7 rings (SSSR count). The lowest BCUT2D eigenvalue weighted by atomic mass is 10.1. The Morgan fingerprint density at radius 3 is 2.29 bits per heavy atom. The molecule has 1 spiro atoms. The third-order valence-corrected chi connectivity index (χ3v) is 7.61. The fourth-order valence-electron chi connectivity index (χ4n) is 5.05. The Balaban J connectivity index is 1.37. The van der Waals surface area contributed by atoms with Gasteiger partial charge in [0.05, 0.1) is 12.1 Å². The van der Waals surface area contributed by atoms with Crippen molar-refractivity contribution < 1.29 is 32.6 Å². The molecular weight excluding hydrogens is 624 g/mol. The first-order chi connectivity index (χ1) is 22.8. The maximum Gasteiger partial charge on any atom is 0.410 e. The molecule has 0 atom stereocenters. The van der Waals surface area contributed by atoms with Crippen LogP contribution in [-0.2, 0) is 10.3 Å². The summed E-state index contributed by atoms with van der Waals surface area (Å²) in [6.45, 7) is 7.15. The highest BCUT2D eigenvalue weighted by Crippen LogP contribution is 2.48. The quantitative estimate of drug-likeness (QED) is 0.292. The van der Waals surface area contributed by atoms with E-state index in [0.717, 1.165) is 25.3 Å². The van der Waals surface area contributed by atoms with E-state index >= 15 is 0 Å². The molecule has 2 amide bonds. The molecule has 14 heteroatoms. The molecule has 6 bridgehead atoms. The van der Waals surface area contributed by atoms with Crippen LogP contribution in [0.15, 0.2) is 48.5 Å². The lowest BCUT2D eigenvalue weighted by molar-refractivity contribution is -0.0256. The molecule has 1 aliphatic carbocycles. The van der Waals surface area contributed by atoms with E-state index in [4.69, 9.17) is 14.2 Å². The minimum absolute atomic E-state index is 0.0876. The number of amides is 2. The number of anilines is 3. The summed E-state index contributed by atoms with van der Waals surface area (Å²) in [5.41, 5.74) is 0.935. The normalized spacial score (nSPS) is 17.2. The standard InChI is InChI=1S/C34H43F2N7O5/c1-32(2,3)48-31(45)43-19-6-5-18-37-27(44)23-8-12-25(13-9-23)38-28-39-29(41-30(40-28)47-22-33(4,35)36)42-34(16-17-34)24-10-14-26(15-11-24)46-21-7-20-43/h8-15H,5-7,16-22H2,1-4H3,(H,37,44)(H2,38,39,40,41,42). The Labute approximate surface area is 279 Å². The number of alkyl halides is 2. The predicted molar refractivity (Wildman–Crippen MR) is 176 cm³/mol. The SMILES string of the molecule is CC(F)(F)COc1nc2nc(n1)NC1(CC1)c1ccc(cc1)OCCCN(C(=O)OC(C)(C)C)CCCCNC(=O)c1ccc(cc1)N2. The zero-order valence-corrected chi connectivity index (χ0v) is 27.8. The lowest BCUT2D eigenvalue weighted by Crippen LogP contribution is -2.38. The van der Waals surface area contributed by atoms with Gasteiger partial charge in [0.1, 0.15) is 11.4 Å². The molecule has 3 aromatic rings. The Bertz CT molecular complexity index is 1560. The zero-order chi connectivity index (χ0) is 34.4. The van der Waals surface area contributed by atoms with E-state index in [0.29, 0.717) is 62.5 Å². The minimum Gasteiger partial charge on any atom is -0.494 e. The highest BCUT2D eigenvalue weighted by molar-refractivity contribution is 5.94. The summed E-state index contributed by atoms with van der Waals surface area (Å²) in [6, 6.07) is 14.2. The summed E-state index contributed by atoms with van der Waals surface area (Å²) in [4.78, 5) is 40.3. The number of nitrogens with zero attached hydrogens (tertiary/aromatic N) is 4. The smallest absolute Gasteiger partial charge is 0.410 e. The van der Waals surface area contributed by atoms with Crippen LogP contribution in [0.25, 0.3) is 0 Å². The van der Waals surface area contributed by atoms with Crippen molar-refractivity contribution in [3.05, 3.63) is 59.7 Å². The number of hydrogen-bond donors (Lipinski definition) is 3. The average Bonchev–Trinajstić information content (AvgIpc) is 3.80. The molecule has 3 N–H and O–H groups in total. The number of carbonyl (C=O) groups excluding carboxylic acids is 2. The number of halogens is 2. The van der Waals surface area contributed by atoms with Crippen molar-refractivity contribution in [2.24, 2.45) is 0 Å². The maximum atomic E-state index is 13.6. The summed E-state index contributed by atoms with van der Waals surface area (Å²) in [7, 11) is 0. The van der Waals surface area contributed by atoms with Crippen LogP contribution in [0.1, 0.15) is 75.7 Å². The first-order valence-corrected chi connectivity index (χ1v) is 16.2. The van der Waals surface area contributed by atoms with E-state index in [2.05, 4.69) is 30.9 Å². The lowest BCUT2D eigenvalue weighted by Gasteiger charge is -2.27. The second kappa shape index (κ2) is 14.6. The first-order valence-electron chi connectivity index (χ1n) is 16.2. The molecule has 3 aliphatic heterocycles. The van der Waals surface area contributed by atoms with Crippen LogP contribution in [0, 0.1) is 0 Å². The van der Waals surface area contributed by atoms with Gasteiger partial charge in [0.2, 0.25) is 11.9 Å². The van der Waals surface area contributed by atoms with Crippen molar-refractivity contribution in [2.75, 3.05) is 43.5 Å². The van der Waals surface area contributed by atoms with Gasteiger partial charge in [0.25, 0.3) is 11.8 Å². The predicted octanol–water partition coefficient (Wildman–Crippen LogP) is 6.28. The Kier molecular flexibility index (Phi) is 10.5. The second-order valence-corrected chi connectivity index (χ2v) is 13.2. The van der Waals surface area contributed by atoms with Gasteiger partial charge in [-0.25, -0.2) is 13.6 Å². The van der Waals surface area contributed by atoms with Crippen LogP contribution in [0.3, 0.4) is 0 Å². The Morgan fingerprint density at radius 1 is 0.938 bits per heavy atom. The molecule has 1 saturated carbocycles. The number of carbonyl (C=O) groups is 2. The summed E-state index contributed by atoms with van der Waals surface area (Å²) in [6.07, 6.45) is 3.16. The highest BCUT2D eigenvalue weighted by Gasteiger charge is 2.45. The van der Waals surface area contributed by atoms with Crippen LogP contribution in [0.2, 0.25) is 0 Å². The zero-order valence-electron chi connectivity index (χ0n) is 27.8. The molecule has 0 saturated heterocycles. The number of rotatable bonds is 3. The van der Waals surface area contributed by atoms with Crippen molar-refractivity contribution in [1.29, 1.82) is 0 Å². The van der Waals surface area contributed by atoms with Gasteiger partial charge in [-0.15, -0.1) is 0 Å². The molecule has 258 valence electrons. The van der Waals surface area contributed by atoms with Gasteiger partial charge in [-0.3, -0.25) is 4.79 Å². The summed E-state index contributed by atoms with van der Waals surface area (Å²) in [5, 5.41) is 9.33. The van der Waals surface area contributed by atoms with Crippen molar-refractivity contribution >= 4 is 29.6 Å². The summed E-state index contributed by atoms with van der Waals surface area (Å²) < 4.78 is 44.1. The molecular formula is C34H43F2N7O5. The van der Waals surface area contributed by atoms with Crippen LogP contribution >= 0.6 is 0 Å². The van der Waals surface area contributed by atoms with Crippen molar-refractivity contribution in [1.82, 2.24) is 25.2 Å². The van der Waals surface area contributed by atoms with Crippen LogP contribution in [0.4, 0.5) is 31.2 Å². The number of benzene rings is 2. The molecule has 1 aromatic heterocycles. The fourth-order valence-corrected chi connectivity index (χ4v) is 5.05. The van der Waals surface area contributed by atoms with Crippen LogP contribution < -0.4 is 25.4 Å². The van der Waals surface area contributed by atoms with E-state index in [1.54, 1.807) is 29.2 Å². The molecule has 1 fully saturated rings. The molecule has 48 heavy (non-hydrogen) atoms. The van der Waals surface area contributed by atoms with Crippen LogP contribution in [-0.4, -0.2) is 76.2 Å². The molecule has 0 radical (unpaired) electrons. The van der Waals surface area contributed by atoms with E-state index in [9.17, 15) is 18.4 Å². The molecule has 4 heterocycles. The number of ether oxygens (including phenoxy) is 3. The van der Waals surface area contributed by atoms with Crippen LogP contribution in [0.5, 0.6) is 11.8 Å².